The van der Waals surface area contributed by atoms with E-state index in [9.17, 15) is 0 Å². The highest BCUT2D eigenvalue weighted by Crippen LogP contribution is 2.37. The van der Waals surface area contributed by atoms with E-state index in [1.165, 1.54) is 16.6 Å². The van der Waals surface area contributed by atoms with Crippen LogP contribution in [-0.4, -0.2) is 9.97 Å². The van der Waals surface area contributed by atoms with Gasteiger partial charge >= 0.3 is 0 Å². The van der Waals surface area contributed by atoms with E-state index >= 15 is 0 Å². The van der Waals surface area contributed by atoms with Crippen molar-refractivity contribution in [1.82, 2.24) is 9.97 Å². The highest BCUT2D eigenvalue weighted by molar-refractivity contribution is 7.99. The van der Waals surface area contributed by atoms with Crippen LogP contribution in [0.15, 0.2) is 34.2 Å². The number of rotatable bonds is 3. The van der Waals surface area contributed by atoms with E-state index in [2.05, 4.69) is 23.0 Å². The highest BCUT2D eigenvalue weighted by atomic mass is 35.5. The molecule has 2 heterocycles. The molecule has 0 radical (unpaired) electrons. The Balaban J connectivity index is 2.06. The molecule has 0 fully saturated rings. The first-order valence-corrected chi connectivity index (χ1v) is 8.92. The van der Waals surface area contributed by atoms with Gasteiger partial charge in [-0.25, -0.2) is 9.97 Å². The first-order valence-electron chi connectivity index (χ1n) is 6.15. The summed E-state index contributed by atoms with van der Waals surface area (Å²) in [5.41, 5.74) is 0. The van der Waals surface area contributed by atoms with Crippen molar-refractivity contribution >= 4 is 68.1 Å². The molecule has 0 unspecified atom stereocenters. The molecule has 2 aromatic heterocycles. The normalized spacial score (nSPS) is 11.2. The lowest BCUT2D eigenvalue weighted by molar-refractivity contribution is 1.11. The second-order valence-electron chi connectivity index (χ2n) is 4.26. The second kappa shape index (κ2) is 6.31. The lowest BCUT2D eigenvalue weighted by Crippen LogP contribution is -1.86. The zero-order valence-electron chi connectivity index (χ0n) is 10.9. The van der Waals surface area contributed by atoms with E-state index in [0.717, 1.165) is 26.6 Å². The van der Waals surface area contributed by atoms with Gasteiger partial charge in [0.1, 0.15) is 9.86 Å². The molecule has 2 nitrogen and oxygen atoms in total. The molecule has 108 valence electrons. The van der Waals surface area contributed by atoms with Gasteiger partial charge in [-0.2, -0.15) is 0 Å². The number of aromatic nitrogens is 2. The molecule has 0 N–H and O–H groups in total. The molecule has 0 aliphatic rings. The van der Waals surface area contributed by atoms with Gasteiger partial charge < -0.3 is 0 Å². The van der Waals surface area contributed by atoms with E-state index in [1.807, 2.05) is 12.1 Å². The molecule has 0 bridgehead atoms. The minimum absolute atomic E-state index is 0.259. The van der Waals surface area contributed by atoms with E-state index in [-0.39, 0.29) is 5.28 Å². The molecule has 0 spiro atoms. The van der Waals surface area contributed by atoms with Crippen LogP contribution in [0.25, 0.3) is 10.2 Å². The second-order valence-corrected chi connectivity index (χ2v) is 7.59. The maximum Gasteiger partial charge on any atom is 0.224 e. The fraction of sp³-hybridized carbons (Fsp3) is 0.143. The van der Waals surface area contributed by atoms with Gasteiger partial charge in [0.15, 0.2) is 0 Å². The summed E-state index contributed by atoms with van der Waals surface area (Å²) in [6.07, 6.45) is 0.968. The zero-order chi connectivity index (χ0) is 15.0. The van der Waals surface area contributed by atoms with Gasteiger partial charge in [0.25, 0.3) is 0 Å². The first kappa shape index (κ1) is 15.4. The molecule has 1 aromatic carbocycles. The van der Waals surface area contributed by atoms with Crippen molar-refractivity contribution in [2.75, 3.05) is 0 Å². The maximum atomic E-state index is 6.05. The molecule has 0 amide bonds. The summed E-state index contributed by atoms with van der Waals surface area (Å²) in [7, 11) is 0. The third kappa shape index (κ3) is 3.30. The van der Waals surface area contributed by atoms with Crippen molar-refractivity contribution < 1.29 is 0 Å². The molecule has 0 saturated heterocycles. The molecule has 3 aromatic rings. The third-order valence-corrected chi connectivity index (χ3v) is 5.91. The molecule has 3 rings (SSSR count). The molecule has 0 aliphatic heterocycles. The number of hydrogen-bond acceptors (Lipinski definition) is 4. The first-order chi connectivity index (χ1) is 10.1. The van der Waals surface area contributed by atoms with Crippen molar-refractivity contribution in [3.63, 3.8) is 0 Å². The Hall–Kier alpha value is -0.520. The fourth-order valence-corrected chi connectivity index (χ4v) is 4.42. The summed E-state index contributed by atoms with van der Waals surface area (Å²) in [6, 6.07) is 7.63. The van der Waals surface area contributed by atoms with Gasteiger partial charge in [-0.15, -0.1) is 11.3 Å². The number of aryl methyl sites for hydroxylation is 1. The molecule has 21 heavy (non-hydrogen) atoms. The monoisotopic (exact) mass is 374 g/mol. The minimum atomic E-state index is 0.259. The maximum absolute atomic E-state index is 6.05. The Morgan fingerprint density at radius 1 is 1.10 bits per heavy atom. The zero-order valence-corrected chi connectivity index (χ0v) is 14.8. The van der Waals surface area contributed by atoms with Crippen molar-refractivity contribution in [3.8, 4) is 0 Å². The van der Waals surface area contributed by atoms with E-state index in [4.69, 9.17) is 34.8 Å². The van der Waals surface area contributed by atoms with E-state index in [1.54, 1.807) is 17.4 Å². The van der Waals surface area contributed by atoms with Crippen LogP contribution >= 0.6 is 57.9 Å². The fourth-order valence-electron chi connectivity index (χ4n) is 1.82. The van der Waals surface area contributed by atoms with Crippen molar-refractivity contribution in [2.24, 2.45) is 0 Å². The largest absolute Gasteiger partial charge is 0.224 e. The van der Waals surface area contributed by atoms with Crippen LogP contribution in [0.5, 0.6) is 0 Å². The minimum Gasteiger partial charge on any atom is -0.210 e. The SMILES string of the molecule is CCc1cc2c(Sc3ccc(Cl)c(Cl)c3)nc(Cl)nc2s1. The van der Waals surface area contributed by atoms with Gasteiger partial charge in [0, 0.05) is 15.2 Å². The quantitative estimate of drug-likeness (QED) is 0.393. The molecule has 0 saturated carbocycles. The third-order valence-electron chi connectivity index (χ3n) is 2.84. The Labute approximate surface area is 145 Å². The van der Waals surface area contributed by atoms with Crippen molar-refractivity contribution in [1.29, 1.82) is 0 Å². The van der Waals surface area contributed by atoms with Crippen LogP contribution in [0.4, 0.5) is 0 Å². The number of nitrogens with zero attached hydrogens (tertiary/aromatic N) is 2. The molecular weight excluding hydrogens is 367 g/mol. The molecule has 7 heteroatoms. The van der Waals surface area contributed by atoms with Gasteiger partial charge in [-0.1, -0.05) is 41.9 Å². The summed E-state index contributed by atoms with van der Waals surface area (Å²) < 4.78 is 0. The lowest BCUT2D eigenvalue weighted by atomic mass is 10.3. The standard InChI is InChI=1S/C14H9Cl3N2S2/c1-2-7-5-9-12(20-7)18-14(17)19-13(9)21-8-3-4-10(15)11(16)6-8/h3-6H,2H2,1H3. The van der Waals surface area contributed by atoms with Gasteiger partial charge in [-0.05, 0) is 42.3 Å². The Bertz CT molecular complexity index is 817. The predicted octanol–water partition coefficient (Wildman–Crippen LogP) is 6.37. The predicted molar refractivity (Wildman–Crippen MR) is 92.4 cm³/mol. The van der Waals surface area contributed by atoms with Crippen LogP contribution in [0, 0.1) is 0 Å². The number of hydrogen-bond donors (Lipinski definition) is 0. The smallest absolute Gasteiger partial charge is 0.210 e. The number of halogens is 3. The van der Waals surface area contributed by atoms with Gasteiger partial charge in [-0.3, -0.25) is 0 Å². The topological polar surface area (TPSA) is 25.8 Å². The molecule has 0 aliphatic carbocycles. The van der Waals surface area contributed by atoms with Crippen molar-refractivity contribution in [3.05, 3.63) is 44.5 Å². The average Bonchev–Trinajstić information content (AvgIpc) is 2.86. The van der Waals surface area contributed by atoms with Crippen LogP contribution in [-0.2, 0) is 6.42 Å². The summed E-state index contributed by atoms with van der Waals surface area (Å²) in [5, 5.41) is 3.18. The Kier molecular flexibility index (Phi) is 4.62. The average molecular weight is 376 g/mol. The van der Waals surface area contributed by atoms with Crippen LogP contribution in [0.1, 0.15) is 11.8 Å². The summed E-state index contributed by atoms with van der Waals surface area (Å²) in [5.74, 6) is 0. The summed E-state index contributed by atoms with van der Waals surface area (Å²) in [6.45, 7) is 2.12. The van der Waals surface area contributed by atoms with Crippen LogP contribution in [0.2, 0.25) is 15.3 Å². The number of thiophene rings is 1. The van der Waals surface area contributed by atoms with Crippen molar-refractivity contribution in [2.45, 2.75) is 23.3 Å². The summed E-state index contributed by atoms with van der Waals surface area (Å²) in [4.78, 5) is 11.8. The van der Waals surface area contributed by atoms with Crippen LogP contribution in [0.3, 0.4) is 0 Å². The lowest BCUT2D eigenvalue weighted by Gasteiger charge is -2.04. The number of benzene rings is 1. The number of fused-ring (bicyclic) bond motifs is 1. The molecular formula is C14H9Cl3N2S2. The van der Waals surface area contributed by atoms with E-state index < -0.39 is 0 Å². The van der Waals surface area contributed by atoms with Gasteiger partial charge in [0.05, 0.1) is 10.0 Å². The summed E-state index contributed by atoms with van der Waals surface area (Å²) >= 11 is 21.2. The van der Waals surface area contributed by atoms with Gasteiger partial charge in [0.2, 0.25) is 5.28 Å². The Morgan fingerprint density at radius 3 is 2.62 bits per heavy atom. The van der Waals surface area contributed by atoms with Crippen LogP contribution < -0.4 is 0 Å². The highest BCUT2D eigenvalue weighted by Gasteiger charge is 2.12. The Morgan fingerprint density at radius 2 is 1.90 bits per heavy atom. The molecule has 0 atom stereocenters. The van der Waals surface area contributed by atoms with E-state index in [0.29, 0.717) is 10.0 Å².